The fraction of sp³-hybridized carbons (Fsp3) is 0.0588. The smallest absolute Gasteiger partial charge is 0.144 e. The molecule has 3 aromatic rings. The first kappa shape index (κ1) is 12.4. The van der Waals surface area contributed by atoms with Gasteiger partial charge >= 0.3 is 0 Å². The number of para-hydroxylation sites is 1. The van der Waals surface area contributed by atoms with Crippen LogP contribution < -0.4 is 0 Å². The van der Waals surface area contributed by atoms with Crippen molar-refractivity contribution in [2.75, 3.05) is 0 Å². The van der Waals surface area contributed by atoms with Crippen LogP contribution in [-0.2, 0) is 4.79 Å². The van der Waals surface area contributed by atoms with Crippen molar-refractivity contribution in [3.8, 4) is 11.3 Å². The molecule has 2 heterocycles. The summed E-state index contributed by atoms with van der Waals surface area (Å²) in [6, 6.07) is 14.2. The van der Waals surface area contributed by atoms with Crippen molar-refractivity contribution < 1.29 is 4.79 Å². The highest BCUT2D eigenvalue weighted by Crippen LogP contribution is 2.29. The molecule has 0 unspecified atom stereocenters. The Bertz CT molecular complexity index is 800. The summed E-state index contributed by atoms with van der Waals surface area (Å²) in [6.45, 7) is 1.99. The van der Waals surface area contributed by atoms with Gasteiger partial charge in [-0.25, -0.2) is 0 Å². The van der Waals surface area contributed by atoms with Gasteiger partial charge in [0, 0.05) is 29.0 Å². The van der Waals surface area contributed by atoms with Crippen LogP contribution in [0.4, 0.5) is 0 Å². The average Bonchev–Trinajstić information content (AvgIpc) is 2.84. The number of aromatic nitrogens is 2. The predicted molar refractivity (Wildman–Crippen MR) is 81.3 cm³/mol. The normalized spacial score (nSPS) is 11.2. The van der Waals surface area contributed by atoms with Gasteiger partial charge in [-0.05, 0) is 37.3 Å². The summed E-state index contributed by atoms with van der Waals surface area (Å²) in [7, 11) is 0. The van der Waals surface area contributed by atoms with E-state index in [0.29, 0.717) is 0 Å². The molecule has 98 valence electrons. The SMILES string of the molecule is Cc1ncccc1-c1cc2ccccc2n1/C=C/C=O. The summed E-state index contributed by atoms with van der Waals surface area (Å²) in [5.41, 5.74) is 4.15. The van der Waals surface area contributed by atoms with Gasteiger partial charge in [0.25, 0.3) is 0 Å². The number of hydrogen-bond donors (Lipinski definition) is 0. The van der Waals surface area contributed by atoms with Crippen LogP contribution >= 0.6 is 0 Å². The summed E-state index contributed by atoms with van der Waals surface area (Å²) in [4.78, 5) is 15.0. The van der Waals surface area contributed by atoms with Gasteiger partial charge in [-0.3, -0.25) is 9.78 Å². The van der Waals surface area contributed by atoms with E-state index < -0.39 is 0 Å². The van der Waals surface area contributed by atoms with Crippen LogP contribution in [0.2, 0.25) is 0 Å². The molecule has 0 saturated heterocycles. The second-order valence-electron chi connectivity index (χ2n) is 4.57. The Morgan fingerprint density at radius 3 is 2.80 bits per heavy atom. The van der Waals surface area contributed by atoms with E-state index >= 15 is 0 Å². The summed E-state index contributed by atoms with van der Waals surface area (Å²) < 4.78 is 2.02. The fourth-order valence-corrected chi connectivity index (χ4v) is 2.42. The van der Waals surface area contributed by atoms with Crippen LogP contribution in [0.3, 0.4) is 0 Å². The second kappa shape index (κ2) is 5.13. The Balaban J connectivity index is 2.32. The molecule has 0 aliphatic rings. The molecule has 2 aromatic heterocycles. The van der Waals surface area contributed by atoms with Crippen LogP contribution in [0.25, 0.3) is 28.4 Å². The van der Waals surface area contributed by atoms with Gasteiger partial charge in [0.05, 0.1) is 11.2 Å². The van der Waals surface area contributed by atoms with E-state index in [4.69, 9.17) is 0 Å². The maximum Gasteiger partial charge on any atom is 0.144 e. The lowest BCUT2D eigenvalue weighted by Gasteiger charge is -2.07. The molecule has 3 nitrogen and oxygen atoms in total. The number of nitrogens with zero attached hydrogens (tertiary/aromatic N) is 2. The number of allylic oxidation sites excluding steroid dienone is 1. The third-order valence-electron chi connectivity index (χ3n) is 3.34. The standard InChI is InChI=1S/C17H14N2O/c1-13-15(7-4-9-18-13)17-12-14-6-2-3-8-16(14)19(17)10-5-11-20/h2-12H,1H3/b10-5+. The lowest BCUT2D eigenvalue weighted by atomic mass is 10.1. The zero-order chi connectivity index (χ0) is 13.9. The first-order chi connectivity index (χ1) is 9.81. The number of rotatable bonds is 3. The van der Waals surface area contributed by atoms with Crippen molar-refractivity contribution in [1.82, 2.24) is 9.55 Å². The Labute approximate surface area is 117 Å². The summed E-state index contributed by atoms with van der Waals surface area (Å²) in [5.74, 6) is 0. The molecule has 1 aromatic carbocycles. The van der Waals surface area contributed by atoms with E-state index in [-0.39, 0.29) is 0 Å². The van der Waals surface area contributed by atoms with Crippen LogP contribution in [0.1, 0.15) is 5.69 Å². The maximum absolute atomic E-state index is 10.6. The number of aryl methyl sites for hydroxylation is 1. The topological polar surface area (TPSA) is 34.9 Å². The number of fused-ring (bicyclic) bond motifs is 1. The van der Waals surface area contributed by atoms with E-state index in [1.165, 1.54) is 6.08 Å². The third kappa shape index (κ3) is 2.03. The van der Waals surface area contributed by atoms with Gasteiger partial charge in [-0.15, -0.1) is 0 Å². The van der Waals surface area contributed by atoms with Crippen molar-refractivity contribution in [3.63, 3.8) is 0 Å². The van der Waals surface area contributed by atoms with Crippen LogP contribution in [-0.4, -0.2) is 15.8 Å². The number of aldehydes is 1. The third-order valence-corrected chi connectivity index (χ3v) is 3.34. The van der Waals surface area contributed by atoms with Crippen molar-refractivity contribution in [2.45, 2.75) is 6.92 Å². The Kier molecular flexibility index (Phi) is 3.17. The fourth-order valence-electron chi connectivity index (χ4n) is 2.42. The molecule has 3 rings (SSSR count). The van der Waals surface area contributed by atoms with Crippen molar-refractivity contribution >= 4 is 23.4 Å². The van der Waals surface area contributed by atoms with Gasteiger partial charge < -0.3 is 4.57 Å². The highest BCUT2D eigenvalue weighted by Gasteiger charge is 2.10. The first-order valence-corrected chi connectivity index (χ1v) is 6.45. The summed E-state index contributed by atoms with van der Waals surface area (Å²) in [6.07, 6.45) is 5.86. The minimum Gasteiger partial charge on any atom is -0.316 e. The van der Waals surface area contributed by atoms with E-state index in [9.17, 15) is 4.79 Å². The highest BCUT2D eigenvalue weighted by molar-refractivity contribution is 5.90. The van der Waals surface area contributed by atoms with E-state index in [1.807, 2.05) is 41.8 Å². The molecule has 0 N–H and O–H groups in total. The molecule has 0 saturated carbocycles. The molecule has 0 aliphatic heterocycles. The summed E-state index contributed by atoms with van der Waals surface area (Å²) in [5, 5.41) is 1.14. The van der Waals surface area contributed by atoms with Gasteiger partial charge in [0.2, 0.25) is 0 Å². The second-order valence-corrected chi connectivity index (χ2v) is 4.57. The zero-order valence-electron chi connectivity index (χ0n) is 11.2. The molecule has 0 spiro atoms. The first-order valence-electron chi connectivity index (χ1n) is 6.45. The largest absolute Gasteiger partial charge is 0.316 e. The summed E-state index contributed by atoms with van der Waals surface area (Å²) >= 11 is 0. The van der Waals surface area contributed by atoms with E-state index in [2.05, 4.69) is 17.1 Å². The van der Waals surface area contributed by atoms with Crippen molar-refractivity contribution in [1.29, 1.82) is 0 Å². The molecule has 0 bridgehead atoms. The van der Waals surface area contributed by atoms with Crippen LogP contribution in [0, 0.1) is 6.92 Å². The van der Waals surface area contributed by atoms with E-state index in [1.54, 1.807) is 12.4 Å². The molecular weight excluding hydrogens is 248 g/mol. The van der Waals surface area contributed by atoms with Crippen molar-refractivity contribution in [2.24, 2.45) is 0 Å². The minimum absolute atomic E-state index is 0.786. The predicted octanol–water partition coefficient (Wildman–Crippen LogP) is 3.68. The lowest BCUT2D eigenvalue weighted by molar-refractivity contribution is -0.104. The quantitative estimate of drug-likeness (QED) is 0.533. The number of benzene rings is 1. The van der Waals surface area contributed by atoms with Crippen LogP contribution in [0.5, 0.6) is 0 Å². The van der Waals surface area contributed by atoms with Gasteiger partial charge in [0.15, 0.2) is 0 Å². The number of carbonyl (C=O) groups is 1. The van der Waals surface area contributed by atoms with Crippen LogP contribution in [0.15, 0.2) is 54.7 Å². The Morgan fingerprint density at radius 1 is 1.15 bits per heavy atom. The highest BCUT2D eigenvalue weighted by atomic mass is 16.1. The van der Waals surface area contributed by atoms with Gasteiger partial charge in [-0.2, -0.15) is 0 Å². The maximum atomic E-state index is 10.6. The molecule has 0 radical (unpaired) electrons. The van der Waals surface area contributed by atoms with Gasteiger partial charge in [-0.1, -0.05) is 18.2 Å². The average molecular weight is 262 g/mol. The molecule has 0 atom stereocenters. The molecule has 0 aliphatic carbocycles. The molecule has 0 fully saturated rings. The van der Waals surface area contributed by atoms with Gasteiger partial charge in [0.1, 0.15) is 6.29 Å². The molecule has 0 amide bonds. The lowest BCUT2D eigenvalue weighted by Crippen LogP contribution is -1.93. The monoisotopic (exact) mass is 262 g/mol. The molecule has 3 heteroatoms. The number of pyridine rings is 1. The van der Waals surface area contributed by atoms with E-state index in [0.717, 1.165) is 34.1 Å². The van der Waals surface area contributed by atoms with Crippen molar-refractivity contribution in [3.05, 3.63) is 60.4 Å². The molecular formula is C17H14N2O. The minimum atomic E-state index is 0.786. The zero-order valence-corrected chi connectivity index (χ0v) is 11.2. The molecule has 20 heavy (non-hydrogen) atoms. The number of hydrogen-bond acceptors (Lipinski definition) is 2. The Hall–Kier alpha value is -2.68. The Morgan fingerprint density at radius 2 is 2.00 bits per heavy atom. The number of carbonyl (C=O) groups excluding carboxylic acids is 1.